The fourth-order valence-corrected chi connectivity index (χ4v) is 1.22. The van der Waals surface area contributed by atoms with Crippen LogP contribution in [0.2, 0.25) is 0 Å². The van der Waals surface area contributed by atoms with Crippen LogP contribution in [0, 0.1) is 21.4 Å². The van der Waals surface area contributed by atoms with Gasteiger partial charge in [0.2, 0.25) is 0 Å². The summed E-state index contributed by atoms with van der Waals surface area (Å²) in [6.07, 6.45) is -0.523. The molecule has 0 aliphatic carbocycles. The van der Waals surface area contributed by atoms with Crippen LogP contribution >= 0.6 is 0 Å². The Morgan fingerprint density at radius 1 is 1.62 bits per heavy atom. The molecule has 0 bridgehead atoms. The molecular formula is C9H7N3O4. The number of nitro benzene ring substituents is 1. The lowest BCUT2D eigenvalue weighted by Crippen LogP contribution is -2.05. The van der Waals surface area contributed by atoms with Gasteiger partial charge in [-0.15, -0.1) is 0 Å². The van der Waals surface area contributed by atoms with Crippen molar-refractivity contribution in [2.24, 2.45) is 0 Å². The van der Waals surface area contributed by atoms with E-state index in [0.717, 1.165) is 12.1 Å². The van der Waals surface area contributed by atoms with Gasteiger partial charge in [0.1, 0.15) is 6.07 Å². The number of hydrogen-bond donors (Lipinski definition) is 2. The number of nitrogen functional groups attached to an aromatic ring is 1. The number of anilines is 1. The summed E-state index contributed by atoms with van der Waals surface area (Å²) in [6, 6.07) is 3.86. The zero-order chi connectivity index (χ0) is 12.3. The first kappa shape index (κ1) is 11.5. The lowest BCUT2D eigenvalue weighted by molar-refractivity contribution is -0.385. The summed E-state index contributed by atoms with van der Waals surface area (Å²) in [5.41, 5.74) is 4.96. The Balaban J connectivity index is 3.37. The molecule has 0 heterocycles. The van der Waals surface area contributed by atoms with Crippen molar-refractivity contribution in [3.8, 4) is 6.07 Å². The van der Waals surface area contributed by atoms with Crippen LogP contribution in [-0.2, 0) is 11.2 Å². The van der Waals surface area contributed by atoms with E-state index in [1.165, 1.54) is 0 Å². The van der Waals surface area contributed by atoms with Crippen LogP contribution in [0.4, 0.5) is 11.4 Å². The number of rotatable bonds is 3. The predicted molar refractivity (Wildman–Crippen MR) is 53.6 cm³/mol. The summed E-state index contributed by atoms with van der Waals surface area (Å²) in [7, 11) is 0. The number of hydrogen-bond acceptors (Lipinski definition) is 5. The van der Waals surface area contributed by atoms with Crippen LogP contribution < -0.4 is 5.73 Å². The van der Waals surface area contributed by atoms with E-state index in [1.54, 1.807) is 6.07 Å². The Kier molecular flexibility index (Phi) is 3.06. The topological polar surface area (TPSA) is 130 Å². The summed E-state index contributed by atoms with van der Waals surface area (Å²) in [5.74, 6) is -1.21. The molecule has 82 valence electrons. The van der Waals surface area contributed by atoms with E-state index >= 15 is 0 Å². The van der Waals surface area contributed by atoms with Crippen molar-refractivity contribution in [3.63, 3.8) is 0 Å². The monoisotopic (exact) mass is 221 g/mol. The Morgan fingerprint density at radius 2 is 2.25 bits per heavy atom. The van der Waals surface area contributed by atoms with Gasteiger partial charge in [0.15, 0.2) is 0 Å². The molecule has 0 fully saturated rings. The first-order chi connectivity index (χ1) is 7.45. The second kappa shape index (κ2) is 4.27. The number of nitriles is 1. The van der Waals surface area contributed by atoms with E-state index in [2.05, 4.69) is 0 Å². The molecule has 1 rings (SSSR count). The quantitative estimate of drug-likeness (QED) is 0.438. The second-order valence-electron chi connectivity index (χ2n) is 3.01. The third kappa shape index (κ3) is 2.24. The van der Waals surface area contributed by atoms with Crippen LogP contribution in [-0.4, -0.2) is 16.0 Å². The number of carboxylic acids is 1. The molecule has 0 amide bonds. The van der Waals surface area contributed by atoms with Gasteiger partial charge in [-0.1, -0.05) is 0 Å². The molecule has 0 radical (unpaired) electrons. The zero-order valence-electron chi connectivity index (χ0n) is 8.01. The minimum absolute atomic E-state index is 0.0295. The fraction of sp³-hybridized carbons (Fsp3) is 0.111. The maximum absolute atomic E-state index is 10.6. The summed E-state index contributed by atoms with van der Waals surface area (Å²) in [6.45, 7) is 0. The van der Waals surface area contributed by atoms with Gasteiger partial charge in [-0.2, -0.15) is 5.26 Å². The maximum atomic E-state index is 10.6. The summed E-state index contributed by atoms with van der Waals surface area (Å²) >= 11 is 0. The summed E-state index contributed by atoms with van der Waals surface area (Å²) < 4.78 is 0. The molecule has 7 nitrogen and oxygen atoms in total. The minimum Gasteiger partial charge on any atom is -0.481 e. The van der Waals surface area contributed by atoms with Crippen LogP contribution in [0.1, 0.15) is 11.1 Å². The highest BCUT2D eigenvalue weighted by molar-refractivity contribution is 5.74. The first-order valence-corrected chi connectivity index (χ1v) is 4.14. The van der Waals surface area contributed by atoms with Crippen molar-refractivity contribution in [2.75, 3.05) is 5.73 Å². The third-order valence-electron chi connectivity index (χ3n) is 1.91. The first-order valence-electron chi connectivity index (χ1n) is 4.14. The number of benzene rings is 1. The largest absolute Gasteiger partial charge is 0.481 e. The van der Waals surface area contributed by atoms with Gasteiger partial charge in [0.25, 0.3) is 5.69 Å². The van der Waals surface area contributed by atoms with Crippen molar-refractivity contribution in [2.45, 2.75) is 6.42 Å². The number of nitrogens with zero attached hydrogens (tertiary/aromatic N) is 2. The Hall–Kier alpha value is -2.62. The van der Waals surface area contributed by atoms with Crippen molar-refractivity contribution in [1.29, 1.82) is 5.26 Å². The van der Waals surface area contributed by atoms with E-state index in [9.17, 15) is 14.9 Å². The molecule has 0 saturated heterocycles. The molecule has 0 saturated carbocycles. The second-order valence-corrected chi connectivity index (χ2v) is 3.01. The Bertz CT molecular complexity index is 504. The van der Waals surface area contributed by atoms with Gasteiger partial charge >= 0.3 is 5.97 Å². The number of carbonyl (C=O) groups is 1. The minimum atomic E-state index is -1.21. The molecule has 16 heavy (non-hydrogen) atoms. The highest BCUT2D eigenvalue weighted by atomic mass is 16.6. The average Bonchev–Trinajstić information content (AvgIpc) is 2.19. The number of nitro groups is 1. The highest BCUT2D eigenvalue weighted by Crippen LogP contribution is 2.25. The van der Waals surface area contributed by atoms with Crippen LogP contribution in [0.3, 0.4) is 0 Å². The van der Waals surface area contributed by atoms with Crippen molar-refractivity contribution in [1.82, 2.24) is 0 Å². The molecular weight excluding hydrogens is 214 g/mol. The molecule has 1 aromatic rings. The number of nitrogens with two attached hydrogens (primary N) is 1. The van der Waals surface area contributed by atoms with E-state index in [0.29, 0.717) is 0 Å². The van der Waals surface area contributed by atoms with Crippen LogP contribution in [0.15, 0.2) is 12.1 Å². The van der Waals surface area contributed by atoms with Crippen molar-refractivity contribution in [3.05, 3.63) is 33.4 Å². The van der Waals surface area contributed by atoms with Crippen molar-refractivity contribution >= 4 is 17.3 Å². The van der Waals surface area contributed by atoms with E-state index in [-0.39, 0.29) is 22.5 Å². The van der Waals surface area contributed by atoms with Gasteiger partial charge in [-0.3, -0.25) is 14.9 Å². The molecule has 7 heteroatoms. The summed E-state index contributed by atoms with van der Waals surface area (Å²) in [4.78, 5) is 20.4. The van der Waals surface area contributed by atoms with Crippen molar-refractivity contribution < 1.29 is 14.8 Å². The van der Waals surface area contributed by atoms with E-state index in [1.807, 2.05) is 0 Å². The third-order valence-corrected chi connectivity index (χ3v) is 1.91. The zero-order valence-corrected chi connectivity index (χ0v) is 8.01. The fourth-order valence-electron chi connectivity index (χ4n) is 1.22. The van der Waals surface area contributed by atoms with E-state index < -0.39 is 17.3 Å². The lowest BCUT2D eigenvalue weighted by atomic mass is 10.0. The number of aliphatic carboxylic acids is 1. The van der Waals surface area contributed by atoms with Crippen LogP contribution in [0.5, 0.6) is 0 Å². The van der Waals surface area contributed by atoms with Gasteiger partial charge in [-0.25, -0.2) is 0 Å². The molecule has 0 aromatic heterocycles. The van der Waals surface area contributed by atoms with Gasteiger partial charge < -0.3 is 10.8 Å². The molecule has 3 N–H and O–H groups in total. The number of carboxylic acid groups (broad SMARTS) is 1. The smallest absolute Gasteiger partial charge is 0.308 e. The highest BCUT2D eigenvalue weighted by Gasteiger charge is 2.18. The SMILES string of the molecule is N#Cc1cc(CC(=O)O)c([N+](=O)[O-])cc1N. The lowest BCUT2D eigenvalue weighted by Gasteiger charge is -2.03. The molecule has 0 aliphatic heterocycles. The summed E-state index contributed by atoms with van der Waals surface area (Å²) in [5, 5.41) is 27.9. The average molecular weight is 221 g/mol. The van der Waals surface area contributed by atoms with Gasteiger partial charge in [-0.05, 0) is 6.07 Å². The van der Waals surface area contributed by atoms with Gasteiger partial charge in [0, 0.05) is 11.6 Å². The van der Waals surface area contributed by atoms with E-state index in [4.69, 9.17) is 16.1 Å². The van der Waals surface area contributed by atoms with Crippen LogP contribution in [0.25, 0.3) is 0 Å². The van der Waals surface area contributed by atoms with Gasteiger partial charge in [0.05, 0.1) is 22.6 Å². The molecule has 0 atom stereocenters. The normalized spacial score (nSPS) is 9.44. The molecule has 0 unspecified atom stereocenters. The Morgan fingerprint density at radius 3 is 2.69 bits per heavy atom. The predicted octanol–water partition coefficient (Wildman–Crippen LogP) is 0.676. The molecule has 0 spiro atoms. The Labute approximate surface area is 89.9 Å². The molecule has 0 aliphatic rings. The molecule has 1 aromatic carbocycles. The standard InChI is InChI=1S/C9H7N3O4/c10-4-6-1-5(2-9(13)14)8(12(15)16)3-7(6)11/h1,3H,2,11H2,(H,13,14). The maximum Gasteiger partial charge on any atom is 0.308 e.